The summed E-state index contributed by atoms with van der Waals surface area (Å²) in [5.41, 5.74) is -1.38. The third-order valence-corrected chi connectivity index (χ3v) is 4.75. The van der Waals surface area contributed by atoms with E-state index in [0.717, 1.165) is 19.3 Å². The van der Waals surface area contributed by atoms with Crippen LogP contribution in [-0.4, -0.2) is 29.9 Å². The summed E-state index contributed by atoms with van der Waals surface area (Å²) >= 11 is 0. The fraction of sp³-hybridized carbons (Fsp3) is 0.895. The fourth-order valence-electron chi connectivity index (χ4n) is 2.95. The molecule has 0 aromatic carbocycles. The Kier molecular flexibility index (Phi) is 16.6. The predicted octanol–water partition coefficient (Wildman–Crippen LogP) is 0.536. The molecule has 0 aromatic rings. The first-order valence-electron chi connectivity index (χ1n) is 9.44. The number of nitrogens with zero attached hydrogens (tertiary/aromatic N) is 1. The molecule has 1 amide bonds. The largest absolute Gasteiger partial charge is 1.00 e. The van der Waals surface area contributed by atoms with Crippen LogP contribution in [0.25, 0.3) is 0 Å². The first-order chi connectivity index (χ1) is 10.9. The Morgan fingerprint density at radius 1 is 0.833 bits per heavy atom. The van der Waals surface area contributed by atoms with Crippen molar-refractivity contribution >= 4 is 11.9 Å². The number of carboxylic acids is 1. The summed E-state index contributed by atoms with van der Waals surface area (Å²) in [5, 5.41) is 11.5. The molecule has 0 bridgehead atoms. The zero-order chi connectivity index (χ0) is 17.7. The molecular formula is C19H36NNaO3. The Morgan fingerprint density at radius 3 is 1.62 bits per heavy atom. The van der Waals surface area contributed by atoms with Crippen LogP contribution >= 0.6 is 0 Å². The molecule has 0 rings (SSSR count). The van der Waals surface area contributed by atoms with Gasteiger partial charge in [-0.25, -0.2) is 0 Å². The van der Waals surface area contributed by atoms with Crippen molar-refractivity contribution in [1.29, 1.82) is 0 Å². The normalized spacial score (nSPS) is 13.0. The number of carboxylic acid groups (broad SMARTS) is 1. The summed E-state index contributed by atoms with van der Waals surface area (Å²) < 4.78 is 0. The summed E-state index contributed by atoms with van der Waals surface area (Å²) in [5.74, 6) is -1.55. The number of carbonyl (C=O) groups excluding carboxylic acids is 2. The minimum atomic E-state index is -1.38. The molecule has 0 aliphatic rings. The van der Waals surface area contributed by atoms with Gasteiger partial charge in [0.2, 0.25) is 5.91 Å². The molecule has 0 aliphatic carbocycles. The van der Waals surface area contributed by atoms with Gasteiger partial charge in [0.15, 0.2) is 0 Å². The van der Waals surface area contributed by atoms with Crippen LogP contribution in [0, 0.1) is 5.41 Å². The molecule has 1 atom stereocenters. The molecule has 0 radical (unpaired) electrons. The molecule has 0 saturated carbocycles. The van der Waals surface area contributed by atoms with Crippen LogP contribution in [0.5, 0.6) is 0 Å². The Hall–Kier alpha value is -0.0600. The van der Waals surface area contributed by atoms with E-state index in [2.05, 4.69) is 6.92 Å². The summed E-state index contributed by atoms with van der Waals surface area (Å²) in [7, 11) is 0. The molecule has 0 fully saturated rings. The summed E-state index contributed by atoms with van der Waals surface area (Å²) in [4.78, 5) is 25.5. The Labute approximate surface area is 171 Å². The number of amides is 1. The Balaban J connectivity index is 0. The zero-order valence-electron chi connectivity index (χ0n) is 16.7. The molecule has 5 heteroatoms. The van der Waals surface area contributed by atoms with Crippen molar-refractivity contribution < 1.29 is 44.3 Å². The molecule has 0 N–H and O–H groups in total. The van der Waals surface area contributed by atoms with Crippen molar-refractivity contribution in [2.45, 2.75) is 91.9 Å². The van der Waals surface area contributed by atoms with Gasteiger partial charge in [-0.05, 0) is 27.2 Å². The molecule has 4 nitrogen and oxygen atoms in total. The smallest absolute Gasteiger partial charge is 0.549 e. The Bertz CT molecular complexity index is 346. The van der Waals surface area contributed by atoms with Crippen LogP contribution in [0.4, 0.5) is 0 Å². The minimum Gasteiger partial charge on any atom is -0.549 e. The quantitative estimate of drug-likeness (QED) is 0.261. The number of carbonyl (C=O) groups is 2. The Morgan fingerprint density at radius 2 is 1.25 bits per heavy atom. The molecule has 0 aliphatic heterocycles. The van der Waals surface area contributed by atoms with Crippen molar-refractivity contribution in [1.82, 2.24) is 4.90 Å². The van der Waals surface area contributed by atoms with Crippen LogP contribution in [0.1, 0.15) is 91.9 Å². The van der Waals surface area contributed by atoms with Crippen LogP contribution in [0.2, 0.25) is 0 Å². The molecule has 24 heavy (non-hydrogen) atoms. The van der Waals surface area contributed by atoms with Crippen molar-refractivity contribution in [2.75, 3.05) is 13.1 Å². The van der Waals surface area contributed by atoms with Crippen LogP contribution in [0.3, 0.4) is 0 Å². The number of hydrogen-bond acceptors (Lipinski definition) is 3. The summed E-state index contributed by atoms with van der Waals surface area (Å²) in [6.45, 7) is 8.55. The predicted molar refractivity (Wildman–Crippen MR) is 92.9 cm³/mol. The van der Waals surface area contributed by atoms with Gasteiger partial charge in [0.25, 0.3) is 0 Å². The van der Waals surface area contributed by atoms with Crippen molar-refractivity contribution in [3.63, 3.8) is 0 Å². The van der Waals surface area contributed by atoms with Gasteiger partial charge in [0, 0.05) is 13.1 Å². The van der Waals surface area contributed by atoms with Crippen molar-refractivity contribution in [3.05, 3.63) is 0 Å². The molecule has 0 spiro atoms. The molecule has 0 saturated heterocycles. The fourth-order valence-corrected chi connectivity index (χ4v) is 2.95. The van der Waals surface area contributed by atoms with Gasteiger partial charge in [0.1, 0.15) is 0 Å². The average molecular weight is 349 g/mol. The number of aliphatic carboxylic acids is 1. The van der Waals surface area contributed by atoms with Gasteiger partial charge >= 0.3 is 29.6 Å². The standard InChI is InChI=1S/C19H37NO3.Na/c1-5-8-9-10-11-12-13-14-15-16-19(4,18(22)23)17(21)20(6-2)7-3;/h5-16H2,1-4H3,(H,22,23);/q;+1/p-1. The van der Waals surface area contributed by atoms with Crippen molar-refractivity contribution in [3.8, 4) is 0 Å². The van der Waals surface area contributed by atoms with E-state index in [0.29, 0.717) is 19.5 Å². The van der Waals surface area contributed by atoms with E-state index in [1.165, 1.54) is 45.4 Å². The van der Waals surface area contributed by atoms with Gasteiger partial charge in [-0.1, -0.05) is 64.7 Å². The number of rotatable bonds is 14. The zero-order valence-corrected chi connectivity index (χ0v) is 18.7. The number of unbranched alkanes of at least 4 members (excludes halogenated alkanes) is 8. The maximum absolute atomic E-state index is 12.4. The summed E-state index contributed by atoms with van der Waals surface area (Å²) in [6, 6.07) is 0. The summed E-state index contributed by atoms with van der Waals surface area (Å²) in [6.07, 6.45) is 10.9. The van der Waals surface area contributed by atoms with E-state index in [9.17, 15) is 14.7 Å². The van der Waals surface area contributed by atoms with E-state index in [1.54, 1.807) is 4.90 Å². The monoisotopic (exact) mass is 349 g/mol. The molecular weight excluding hydrogens is 313 g/mol. The third kappa shape index (κ3) is 9.43. The van der Waals surface area contributed by atoms with Gasteiger partial charge < -0.3 is 14.8 Å². The first-order valence-corrected chi connectivity index (χ1v) is 9.44. The van der Waals surface area contributed by atoms with Crippen molar-refractivity contribution in [2.24, 2.45) is 5.41 Å². The first kappa shape index (κ1) is 26.2. The van der Waals surface area contributed by atoms with E-state index in [1.807, 2.05) is 13.8 Å². The minimum absolute atomic E-state index is 0. The second kappa shape index (κ2) is 15.2. The second-order valence-corrected chi connectivity index (χ2v) is 6.68. The van der Waals surface area contributed by atoms with E-state index >= 15 is 0 Å². The van der Waals surface area contributed by atoms with Crippen LogP contribution in [0.15, 0.2) is 0 Å². The van der Waals surface area contributed by atoms with E-state index in [4.69, 9.17) is 0 Å². The van der Waals surface area contributed by atoms with Gasteiger partial charge in [-0.3, -0.25) is 4.79 Å². The maximum atomic E-state index is 12.4. The topological polar surface area (TPSA) is 60.4 Å². The molecule has 1 unspecified atom stereocenters. The van der Waals surface area contributed by atoms with Crippen LogP contribution < -0.4 is 34.7 Å². The second-order valence-electron chi connectivity index (χ2n) is 6.68. The SMILES string of the molecule is CCCCCCCCCCCC(C)(C(=O)[O-])C(=O)N(CC)CC.[Na+]. The average Bonchev–Trinajstić information content (AvgIpc) is 2.53. The maximum Gasteiger partial charge on any atom is 1.00 e. The number of hydrogen-bond donors (Lipinski definition) is 0. The van der Waals surface area contributed by atoms with Gasteiger partial charge in [-0.15, -0.1) is 0 Å². The molecule has 0 aromatic heterocycles. The van der Waals surface area contributed by atoms with Gasteiger partial charge in [0.05, 0.1) is 11.4 Å². The molecule has 136 valence electrons. The third-order valence-electron chi connectivity index (χ3n) is 4.75. The van der Waals surface area contributed by atoms with Gasteiger partial charge in [-0.2, -0.15) is 0 Å². The van der Waals surface area contributed by atoms with E-state index < -0.39 is 11.4 Å². The van der Waals surface area contributed by atoms with E-state index in [-0.39, 0.29) is 35.5 Å². The van der Waals surface area contributed by atoms with Crippen LogP contribution in [-0.2, 0) is 9.59 Å². The molecule has 0 heterocycles.